The molecule has 0 aliphatic carbocycles. The third-order valence-electron chi connectivity index (χ3n) is 1.56. The second-order valence-electron chi connectivity index (χ2n) is 2.54. The smallest absolute Gasteiger partial charge is 0.169 e. The first-order valence-electron chi connectivity index (χ1n) is 3.75. The number of hydrogen-bond donors (Lipinski definition) is 1. The van der Waals surface area contributed by atoms with Gasteiger partial charge < -0.3 is 10.2 Å². The van der Waals surface area contributed by atoms with E-state index in [1.807, 2.05) is 12.1 Å². The van der Waals surface area contributed by atoms with Crippen LogP contribution in [-0.4, -0.2) is 0 Å². The van der Waals surface area contributed by atoms with E-state index in [0.717, 1.165) is 23.3 Å². The normalized spacial score (nSPS) is 12.2. The lowest BCUT2D eigenvalue weighted by Gasteiger charge is -2.04. The molecule has 0 amide bonds. The molecule has 0 spiro atoms. The Kier molecular flexibility index (Phi) is 5.63. The van der Waals surface area contributed by atoms with Crippen LogP contribution >= 0.6 is 28.3 Å². The quantitative estimate of drug-likeness (QED) is 0.899. The van der Waals surface area contributed by atoms with Crippen LogP contribution in [0.1, 0.15) is 31.6 Å². The van der Waals surface area contributed by atoms with Gasteiger partial charge in [0.25, 0.3) is 0 Å². The van der Waals surface area contributed by atoms with Gasteiger partial charge in [0.15, 0.2) is 4.67 Å². The maximum Gasteiger partial charge on any atom is 0.169 e. The van der Waals surface area contributed by atoms with Crippen molar-refractivity contribution < 1.29 is 4.42 Å². The zero-order valence-electron chi connectivity index (χ0n) is 6.92. The van der Waals surface area contributed by atoms with Crippen LogP contribution in [0.25, 0.3) is 0 Å². The van der Waals surface area contributed by atoms with E-state index in [1.54, 1.807) is 0 Å². The second-order valence-corrected chi connectivity index (χ2v) is 3.32. The van der Waals surface area contributed by atoms with Crippen LogP contribution in [0.2, 0.25) is 0 Å². The standard InChI is InChI=1S/C8H12BrNO.ClH/c1-2-3-6(10)7-4-5-8(9)11-7;/h4-6H,2-3,10H2,1H3;1H/t6-;/m0./s1. The summed E-state index contributed by atoms with van der Waals surface area (Å²) in [5.41, 5.74) is 5.80. The molecule has 2 nitrogen and oxygen atoms in total. The minimum Gasteiger partial charge on any atom is -0.453 e. The van der Waals surface area contributed by atoms with Gasteiger partial charge in [0.05, 0.1) is 6.04 Å². The molecule has 0 aliphatic rings. The molecule has 70 valence electrons. The van der Waals surface area contributed by atoms with Gasteiger partial charge in [0, 0.05) is 0 Å². The van der Waals surface area contributed by atoms with Crippen LogP contribution < -0.4 is 5.73 Å². The lowest BCUT2D eigenvalue weighted by molar-refractivity contribution is 0.435. The highest BCUT2D eigenvalue weighted by Gasteiger charge is 2.08. The van der Waals surface area contributed by atoms with Gasteiger partial charge in [-0.3, -0.25) is 0 Å². The highest BCUT2D eigenvalue weighted by atomic mass is 79.9. The average molecular weight is 255 g/mol. The molecule has 1 rings (SSSR count). The fourth-order valence-electron chi connectivity index (χ4n) is 0.981. The zero-order valence-corrected chi connectivity index (χ0v) is 9.32. The Morgan fingerprint density at radius 2 is 2.25 bits per heavy atom. The number of hydrogen-bond acceptors (Lipinski definition) is 2. The maximum atomic E-state index is 5.80. The highest BCUT2D eigenvalue weighted by molar-refractivity contribution is 9.10. The van der Waals surface area contributed by atoms with E-state index in [-0.39, 0.29) is 18.4 Å². The molecule has 2 N–H and O–H groups in total. The minimum absolute atomic E-state index is 0. The van der Waals surface area contributed by atoms with Crippen molar-refractivity contribution in [1.29, 1.82) is 0 Å². The topological polar surface area (TPSA) is 39.2 Å². The molecule has 12 heavy (non-hydrogen) atoms. The third kappa shape index (κ3) is 3.17. The van der Waals surface area contributed by atoms with Crippen molar-refractivity contribution in [3.63, 3.8) is 0 Å². The van der Waals surface area contributed by atoms with Gasteiger partial charge in [0.2, 0.25) is 0 Å². The van der Waals surface area contributed by atoms with Crippen LogP contribution in [0.4, 0.5) is 0 Å². The molecule has 1 atom stereocenters. The van der Waals surface area contributed by atoms with E-state index in [2.05, 4.69) is 22.9 Å². The maximum absolute atomic E-state index is 5.80. The molecule has 1 heterocycles. The van der Waals surface area contributed by atoms with Crippen molar-refractivity contribution in [3.05, 3.63) is 22.6 Å². The first-order valence-corrected chi connectivity index (χ1v) is 4.54. The molecule has 0 fully saturated rings. The lowest BCUT2D eigenvalue weighted by Crippen LogP contribution is -2.08. The third-order valence-corrected chi connectivity index (χ3v) is 1.99. The Balaban J connectivity index is 0.00000121. The summed E-state index contributed by atoms with van der Waals surface area (Å²) in [7, 11) is 0. The summed E-state index contributed by atoms with van der Waals surface area (Å²) in [6.07, 6.45) is 2.05. The fraction of sp³-hybridized carbons (Fsp3) is 0.500. The number of halogens is 2. The largest absolute Gasteiger partial charge is 0.453 e. The fourth-order valence-corrected chi connectivity index (χ4v) is 1.30. The SMILES string of the molecule is CCC[C@H](N)c1ccc(Br)o1.Cl. The Hall–Kier alpha value is 0.01000. The molecular weight excluding hydrogens is 241 g/mol. The van der Waals surface area contributed by atoms with Gasteiger partial charge in [0.1, 0.15) is 5.76 Å². The first-order chi connectivity index (χ1) is 5.24. The van der Waals surface area contributed by atoms with Crippen molar-refractivity contribution in [1.82, 2.24) is 0 Å². The molecule has 1 aromatic rings. The Labute approximate surface area is 87.0 Å². The van der Waals surface area contributed by atoms with E-state index < -0.39 is 0 Å². The van der Waals surface area contributed by atoms with E-state index in [9.17, 15) is 0 Å². The van der Waals surface area contributed by atoms with Crippen molar-refractivity contribution in [2.75, 3.05) is 0 Å². The molecule has 0 saturated carbocycles. The average Bonchev–Trinajstić information content (AvgIpc) is 2.36. The van der Waals surface area contributed by atoms with Crippen molar-refractivity contribution in [3.8, 4) is 0 Å². The molecule has 0 aromatic carbocycles. The van der Waals surface area contributed by atoms with E-state index >= 15 is 0 Å². The van der Waals surface area contributed by atoms with Gasteiger partial charge in [-0.1, -0.05) is 13.3 Å². The second kappa shape index (κ2) is 5.62. The molecule has 0 unspecified atom stereocenters. The van der Waals surface area contributed by atoms with Gasteiger partial charge in [-0.05, 0) is 34.5 Å². The van der Waals surface area contributed by atoms with Crippen molar-refractivity contribution in [2.45, 2.75) is 25.8 Å². The molecule has 0 aliphatic heterocycles. The van der Waals surface area contributed by atoms with Crippen LogP contribution in [0.3, 0.4) is 0 Å². The summed E-state index contributed by atoms with van der Waals surface area (Å²) in [5, 5.41) is 0. The van der Waals surface area contributed by atoms with Gasteiger partial charge in [-0.2, -0.15) is 0 Å². The summed E-state index contributed by atoms with van der Waals surface area (Å²) in [6.45, 7) is 2.11. The summed E-state index contributed by atoms with van der Waals surface area (Å²) in [4.78, 5) is 0. The number of nitrogens with two attached hydrogens (primary N) is 1. The Bertz CT molecular complexity index is 227. The van der Waals surface area contributed by atoms with E-state index in [0.29, 0.717) is 0 Å². The van der Waals surface area contributed by atoms with E-state index in [4.69, 9.17) is 10.2 Å². The Morgan fingerprint density at radius 1 is 1.58 bits per heavy atom. The van der Waals surface area contributed by atoms with Gasteiger partial charge >= 0.3 is 0 Å². The van der Waals surface area contributed by atoms with Crippen LogP contribution in [0.5, 0.6) is 0 Å². The lowest BCUT2D eigenvalue weighted by atomic mass is 10.1. The van der Waals surface area contributed by atoms with Crippen LogP contribution in [-0.2, 0) is 0 Å². The molecule has 4 heteroatoms. The van der Waals surface area contributed by atoms with Gasteiger partial charge in [-0.15, -0.1) is 12.4 Å². The number of furan rings is 1. The minimum atomic E-state index is 0. The summed E-state index contributed by atoms with van der Waals surface area (Å²) < 4.78 is 6.04. The predicted octanol–water partition coefficient (Wildman–Crippen LogP) is 3.26. The van der Waals surface area contributed by atoms with Crippen molar-refractivity contribution in [2.24, 2.45) is 5.73 Å². The zero-order chi connectivity index (χ0) is 8.27. The van der Waals surface area contributed by atoms with Crippen LogP contribution in [0.15, 0.2) is 21.2 Å². The molecule has 0 radical (unpaired) electrons. The summed E-state index contributed by atoms with van der Waals surface area (Å²) in [6, 6.07) is 3.82. The predicted molar refractivity (Wildman–Crippen MR) is 55.5 cm³/mol. The molecule has 1 aromatic heterocycles. The molecular formula is C8H13BrClNO. The molecule has 0 saturated heterocycles. The van der Waals surface area contributed by atoms with E-state index in [1.165, 1.54) is 0 Å². The van der Waals surface area contributed by atoms with Crippen molar-refractivity contribution >= 4 is 28.3 Å². The van der Waals surface area contributed by atoms with Gasteiger partial charge in [-0.25, -0.2) is 0 Å². The summed E-state index contributed by atoms with van der Waals surface area (Å²) >= 11 is 3.23. The Morgan fingerprint density at radius 3 is 2.67 bits per heavy atom. The summed E-state index contributed by atoms with van der Waals surface area (Å²) in [5.74, 6) is 0.860. The highest BCUT2D eigenvalue weighted by Crippen LogP contribution is 2.21. The number of rotatable bonds is 3. The monoisotopic (exact) mass is 253 g/mol. The first kappa shape index (κ1) is 12.0. The molecule has 0 bridgehead atoms. The van der Waals surface area contributed by atoms with Crippen LogP contribution in [0, 0.1) is 0 Å².